The summed E-state index contributed by atoms with van der Waals surface area (Å²) in [6, 6.07) is 3.95. The van der Waals surface area contributed by atoms with E-state index in [0.29, 0.717) is 35.6 Å². The molecule has 3 nitrogen and oxygen atoms in total. The summed E-state index contributed by atoms with van der Waals surface area (Å²) in [5.74, 6) is 2.22. The fourth-order valence-corrected chi connectivity index (χ4v) is 8.85. The van der Waals surface area contributed by atoms with Gasteiger partial charge in [0, 0.05) is 29.9 Å². The van der Waals surface area contributed by atoms with Crippen LogP contribution in [-0.4, -0.2) is 47.2 Å². The second-order valence-electron chi connectivity index (χ2n) is 10.8. The predicted molar refractivity (Wildman–Crippen MR) is 124 cm³/mol. The van der Waals surface area contributed by atoms with E-state index >= 15 is 0 Å². The minimum atomic E-state index is -0.916. The Balaban J connectivity index is 1.45. The van der Waals surface area contributed by atoms with Crippen molar-refractivity contribution in [1.82, 2.24) is 4.90 Å². The van der Waals surface area contributed by atoms with Gasteiger partial charge in [-0.3, -0.25) is 4.90 Å². The number of thioether (sulfide) groups is 1. The molecule has 0 aromatic carbocycles. The predicted octanol–water partition coefficient (Wildman–Crippen LogP) is 5.39. The maximum Gasteiger partial charge on any atom is 0.116 e. The van der Waals surface area contributed by atoms with Gasteiger partial charge in [-0.25, -0.2) is 4.39 Å². The number of nitrogens with two attached hydrogens (primary N) is 1. The molecule has 4 rings (SSSR count). The minimum absolute atomic E-state index is 0.368. The van der Waals surface area contributed by atoms with E-state index in [4.69, 9.17) is 5.73 Å². The quantitative estimate of drug-likeness (QED) is 0.582. The topological polar surface area (TPSA) is 53.0 Å². The summed E-state index contributed by atoms with van der Waals surface area (Å²) in [6.45, 7) is 3.52. The summed E-state index contributed by atoms with van der Waals surface area (Å²) in [7, 11) is 0. The van der Waals surface area contributed by atoms with Crippen LogP contribution in [0.25, 0.3) is 0 Å². The van der Waals surface area contributed by atoms with Crippen LogP contribution < -0.4 is 5.73 Å². The van der Waals surface area contributed by atoms with Gasteiger partial charge in [0.15, 0.2) is 0 Å². The first-order valence-electron chi connectivity index (χ1n) is 12.6. The Bertz CT molecular complexity index is 610. The largest absolute Gasteiger partial charge is 0.326 e. The fourth-order valence-electron chi connectivity index (χ4n) is 7.69. The monoisotopic (exact) mass is 435 g/mol. The zero-order valence-corrected chi connectivity index (χ0v) is 19.8. The van der Waals surface area contributed by atoms with Gasteiger partial charge in [0.05, 0.1) is 12.0 Å². The van der Waals surface area contributed by atoms with Gasteiger partial charge in [0.25, 0.3) is 0 Å². The zero-order chi connectivity index (χ0) is 21.3. The summed E-state index contributed by atoms with van der Waals surface area (Å²) >= 11 is 2.05. The fraction of sp³-hybridized carbons (Fsp3) is 0.960. The van der Waals surface area contributed by atoms with Gasteiger partial charge in [-0.15, -0.1) is 0 Å². The van der Waals surface area contributed by atoms with E-state index in [1.807, 2.05) is 11.8 Å². The molecule has 0 aromatic heterocycles. The summed E-state index contributed by atoms with van der Waals surface area (Å²) in [4.78, 5) is 2.76. The van der Waals surface area contributed by atoms with Crippen LogP contribution in [0.1, 0.15) is 77.6 Å². The molecule has 2 aliphatic heterocycles. The number of fused-ring (bicyclic) bond motifs is 2. The first-order chi connectivity index (χ1) is 14.5. The Morgan fingerprint density at radius 1 is 1.13 bits per heavy atom. The number of alkyl halides is 1. The summed E-state index contributed by atoms with van der Waals surface area (Å²) in [6.07, 6.45) is 14.1. The molecule has 0 spiro atoms. The van der Waals surface area contributed by atoms with Crippen molar-refractivity contribution >= 4 is 11.8 Å². The lowest BCUT2D eigenvalue weighted by molar-refractivity contribution is 0.0430. The summed E-state index contributed by atoms with van der Waals surface area (Å²) in [5.41, 5.74) is 6.40. The third-order valence-electron chi connectivity index (χ3n) is 9.20. The van der Waals surface area contributed by atoms with Crippen LogP contribution in [0, 0.1) is 40.9 Å². The molecule has 170 valence electrons. The molecule has 5 heteroatoms. The molecule has 0 aromatic rings. The highest BCUT2D eigenvalue weighted by Crippen LogP contribution is 2.49. The van der Waals surface area contributed by atoms with Gasteiger partial charge in [-0.1, -0.05) is 13.3 Å². The highest BCUT2D eigenvalue weighted by atomic mass is 32.2. The van der Waals surface area contributed by atoms with Crippen LogP contribution in [-0.2, 0) is 0 Å². The highest BCUT2D eigenvalue weighted by molar-refractivity contribution is 7.99. The molecule has 2 heterocycles. The smallest absolute Gasteiger partial charge is 0.116 e. The average molecular weight is 436 g/mol. The molecule has 30 heavy (non-hydrogen) atoms. The van der Waals surface area contributed by atoms with Gasteiger partial charge in [-0.05, 0) is 94.1 Å². The van der Waals surface area contributed by atoms with E-state index in [1.54, 1.807) is 0 Å². The number of hydrogen-bond acceptors (Lipinski definition) is 4. The second-order valence-corrected chi connectivity index (χ2v) is 11.9. The van der Waals surface area contributed by atoms with Crippen LogP contribution in [0.5, 0.6) is 0 Å². The first-order valence-corrected chi connectivity index (χ1v) is 13.9. The van der Waals surface area contributed by atoms with Crippen molar-refractivity contribution in [1.29, 1.82) is 5.26 Å². The average Bonchev–Trinajstić information content (AvgIpc) is 3.27. The molecular formula is C25H42FN3S. The van der Waals surface area contributed by atoms with Crippen molar-refractivity contribution in [3.05, 3.63) is 0 Å². The number of hydrogen-bond donors (Lipinski definition) is 1. The van der Waals surface area contributed by atoms with Crippen molar-refractivity contribution in [3.63, 3.8) is 0 Å². The standard InChI is InChI=1S/C25H42FN3S/c1-3-4-25(30-2)20-9-5-16(15-29-19-8-10-24(29)23(28)13-19)11-21(20)17-6-7-18(14-27)22(26)12-17/h16-25H,3-13,15,28H2,1-2H3/t16?,17?,18?,19-,20?,21?,22?,23?,24+,25?/m0/s1. The van der Waals surface area contributed by atoms with E-state index in [0.717, 1.165) is 30.7 Å². The van der Waals surface area contributed by atoms with Gasteiger partial charge in [-0.2, -0.15) is 17.0 Å². The zero-order valence-electron chi connectivity index (χ0n) is 19.0. The SMILES string of the molecule is CCCC(SC)C1CCC(CN2[C@H]3CC[C@@H]2C(N)C3)CC1C1CCC(C#N)C(F)C1. The van der Waals surface area contributed by atoms with Crippen LogP contribution in [0.4, 0.5) is 4.39 Å². The Labute approximate surface area is 187 Å². The van der Waals surface area contributed by atoms with Crippen molar-refractivity contribution in [3.8, 4) is 6.07 Å². The molecule has 4 fully saturated rings. The number of nitrogens with zero attached hydrogens (tertiary/aromatic N) is 2. The highest BCUT2D eigenvalue weighted by Gasteiger charge is 2.47. The summed E-state index contributed by atoms with van der Waals surface area (Å²) in [5, 5.41) is 9.99. The van der Waals surface area contributed by atoms with Crippen molar-refractivity contribution in [2.75, 3.05) is 12.8 Å². The molecule has 2 saturated heterocycles. The second kappa shape index (κ2) is 10.1. The molecule has 10 atom stereocenters. The van der Waals surface area contributed by atoms with Gasteiger partial charge in [0.2, 0.25) is 0 Å². The van der Waals surface area contributed by atoms with Crippen molar-refractivity contribution in [2.45, 2.75) is 107 Å². The molecule has 2 aliphatic carbocycles. The van der Waals surface area contributed by atoms with Gasteiger partial charge < -0.3 is 5.73 Å². The Hall–Kier alpha value is -0.310. The maximum absolute atomic E-state index is 14.7. The van der Waals surface area contributed by atoms with E-state index < -0.39 is 6.17 Å². The van der Waals surface area contributed by atoms with Gasteiger partial charge >= 0.3 is 0 Å². The lowest BCUT2D eigenvalue weighted by Gasteiger charge is -2.46. The van der Waals surface area contributed by atoms with E-state index in [1.165, 1.54) is 57.9 Å². The Morgan fingerprint density at radius 3 is 2.57 bits per heavy atom. The van der Waals surface area contributed by atoms with E-state index in [9.17, 15) is 9.65 Å². The minimum Gasteiger partial charge on any atom is -0.326 e. The number of halogens is 1. The molecule has 4 aliphatic rings. The summed E-state index contributed by atoms with van der Waals surface area (Å²) < 4.78 is 14.7. The lowest BCUT2D eigenvalue weighted by atomic mass is 9.62. The van der Waals surface area contributed by atoms with E-state index in [2.05, 4.69) is 24.1 Å². The Morgan fingerprint density at radius 2 is 1.97 bits per heavy atom. The third kappa shape index (κ3) is 4.57. The van der Waals surface area contributed by atoms with Crippen LogP contribution in [0.3, 0.4) is 0 Å². The van der Waals surface area contributed by atoms with Gasteiger partial charge in [0.1, 0.15) is 6.17 Å². The lowest BCUT2D eigenvalue weighted by Crippen LogP contribution is -2.44. The van der Waals surface area contributed by atoms with Crippen molar-refractivity contribution < 1.29 is 4.39 Å². The van der Waals surface area contributed by atoms with Crippen LogP contribution in [0.15, 0.2) is 0 Å². The number of nitriles is 1. The molecule has 8 unspecified atom stereocenters. The number of rotatable bonds is 7. The molecule has 2 N–H and O–H groups in total. The molecule has 2 bridgehead atoms. The molecule has 2 saturated carbocycles. The van der Waals surface area contributed by atoms with Crippen molar-refractivity contribution in [2.24, 2.45) is 35.3 Å². The van der Waals surface area contributed by atoms with Crippen LogP contribution in [0.2, 0.25) is 0 Å². The third-order valence-corrected chi connectivity index (χ3v) is 10.4. The van der Waals surface area contributed by atoms with E-state index in [-0.39, 0.29) is 5.92 Å². The maximum atomic E-state index is 14.7. The van der Waals surface area contributed by atoms with Crippen LogP contribution >= 0.6 is 11.8 Å². The first kappa shape index (κ1) is 22.9. The normalized spacial score (nSPS) is 45.4. The molecule has 0 radical (unpaired) electrons. The Kier molecular flexibility index (Phi) is 7.69. The molecular weight excluding hydrogens is 393 g/mol. The molecule has 0 amide bonds.